The summed E-state index contributed by atoms with van der Waals surface area (Å²) in [5.41, 5.74) is 6.02. The number of hydrogen-bond donors (Lipinski definition) is 2. The van der Waals surface area contributed by atoms with Crippen LogP contribution in [0.4, 0.5) is 0 Å². The Bertz CT molecular complexity index is 440. The summed E-state index contributed by atoms with van der Waals surface area (Å²) in [6.45, 7) is 8.09. The zero-order valence-electron chi connectivity index (χ0n) is 15.3. The topological polar surface area (TPSA) is 75.4 Å². The summed E-state index contributed by atoms with van der Waals surface area (Å²) in [4.78, 5) is 26.6. The van der Waals surface area contributed by atoms with E-state index in [1.165, 1.54) is 0 Å². The van der Waals surface area contributed by atoms with E-state index in [1.54, 1.807) is 0 Å². The van der Waals surface area contributed by atoms with E-state index >= 15 is 0 Å². The second-order valence-corrected chi connectivity index (χ2v) is 8.00. The van der Waals surface area contributed by atoms with Gasteiger partial charge < -0.3 is 16.0 Å². The molecule has 0 radical (unpaired) electrons. The first-order valence-corrected chi connectivity index (χ1v) is 9.16. The minimum Gasteiger partial charge on any atom is -0.356 e. The van der Waals surface area contributed by atoms with Crippen LogP contribution in [0.5, 0.6) is 0 Å². The van der Waals surface area contributed by atoms with Gasteiger partial charge in [-0.2, -0.15) is 0 Å². The van der Waals surface area contributed by atoms with Crippen LogP contribution in [0.25, 0.3) is 0 Å². The quantitative estimate of drug-likeness (QED) is 0.808. The second-order valence-electron chi connectivity index (χ2n) is 8.00. The molecule has 1 heterocycles. The highest BCUT2D eigenvalue weighted by Crippen LogP contribution is 2.33. The van der Waals surface area contributed by atoms with Gasteiger partial charge in [-0.25, -0.2) is 0 Å². The number of amides is 2. The second kappa shape index (κ2) is 9.04. The van der Waals surface area contributed by atoms with Gasteiger partial charge in [0.25, 0.3) is 0 Å². The van der Waals surface area contributed by atoms with Crippen LogP contribution in [-0.4, -0.2) is 41.9 Å². The zero-order chi connectivity index (χ0) is 17.0. The Kier molecular flexibility index (Phi) is 8.00. The van der Waals surface area contributed by atoms with Gasteiger partial charge in [0.05, 0.1) is 5.92 Å². The molecule has 24 heavy (non-hydrogen) atoms. The van der Waals surface area contributed by atoms with Crippen molar-refractivity contribution in [2.24, 2.45) is 23.5 Å². The summed E-state index contributed by atoms with van der Waals surface area (Å²) >= 11 is 0. The lowest BCUT2D eigenvalue weighted by molar-refractivity contribution is -0.140. The van der Waals surface area contributed by atoms with E-state index in [0.29, 0.717) is 12.5 Å². The molecule has 1 aliphatic heterocycles. The molecule has 0 spiro atoms. The average molecular weight is 360 g/mol. The predicted octanol–water partition coefficient (Wildman–Crippen LogP) is 2.33. The molecule has 6 heteroatoms. The van der Waals surface area contributed by atoms with Crippen molar-refractivity contribution >= 4 is 24.2 Å². The van der Waals surface area contributed by atoms with Crippen LogP contribution in [0, 0.1) is 17.8 Å². The minimum absolute atomic E-state index is 0. The Morgan fingerprint density at radius 3 is 2.58 bits per heavy atom. The van der Waals surface area contributed by atoms with E-state index in [9.17, 15) is 9.59 Å². The number of rotatable bonds is 4. The number of halogens is 1. The Labute approximate surface area is 152 Å². The third-order valence-corrected chi connectivity index (χ3v) is 5.47. The Morgan fingerprint density at radius 2 is 1.96 bits per heavy atom. The molecule has 3 atom stereocenters. The van der Waals surface area contributed by atoms with Crippen LogP contribution in [-0.2, 0) is 9.59 Å². The van der Waals surface area contributed by atoms with Gasteiger partial charge in [-0.3, -0.25) is 9.59 Å². The molecule has 3 unspecified atom stereocenters. The molecule has 2 aliphatic rings. The molecule has 0 bridgehead atoms. The molecule has 5 nitrogen and oxygen atoms in total. The number of carbonyl (C=O) groups is 2. The van der Waals surface area contributed by atoms with Crippen molar-refractivity contribution in [3.8, 4) is 0 Å². The zero-order valence-corrected chi connectivity index (χ0v) is 16.2. The van der Waals surface area contributed by atoms with Crippen molar-refractivity contribution in [2.45, 2.75) is 64.8 Å². The lowest BCUT2D eigenvalue weighted by atomic mass is 9.73. The van der Waals surface area contributed by atoms with Crippen molar-refractivity contribution in [1.82, 2.24) is 10.2 Å². The lowest BCUT2D eigenvalue weighted by Crippen LogP contribution is -2.55. The first kappa shape index (κ1) is 21.2. The van der Waals surface area contributed by atoms with Crippen LogP contribution in [0.3, 0.4) is 0 Å². The molecule has 140 valence electrons. The van der Waals surface area contributed by atoms with Crippen LogP contribution in [0.1, 0.15) is 59.3 Å². The number of likely N-dealkylation sites (tertiary alicyclic amines) is 1. The molecular formula is C18H34ClN3O2. The highest BCUT2D eigenvalue weighted by Gasteiger charge is 2.40. The summed E-state index contributed by atoms with van der Waals surface area (Å²) in [5, 5.41) is 3.01. The summed E-state index contributed by atoms with van der Waals surface area (Å²) in [6, 6.07) is 0. The predicted molar refractivity (Wildman–Crippen MR) is 99.0 cm³/mol. The van der Waals surface area contributed by atoms with E-state index in [0.717, 1.165) is 51.6 Å². The molecule has 2 rings (SSSR count). The van der Waals surface area contributed by atoms with Gasteiger partial charge in [-0.15, -0.1) is 12.4 Å². The maximum Gasteiger partial charge on any atom is 0.227 e. The number of nitrogens with one attached hydrogen (secondary N) is 1. The van der Waals surface area contributed by atoms with Crippen molar-refractivity contribution in [2.75, 3.05) is 19.6 Å². The molecule has 0 aromatic heterocycles. The first-order chi connectivity index (χ1) is 10.8. The van der Waals surface area contributed by atoms with E-state index in [2.05, 4.69) is 5.32 Å². The molecule has 1 saturated carbocycles. The molecular weight excluding hydrogens is 326 g/mol. The van der Waals surface area contributed by atoms with Crippen molar-refractivity contribution in [1.29, 1.82) is 0 Å². The van der Waals surface area contributed by atoms with Gasteiger partial charge in [-0.1, -0.05) is 26.7 Å². The maximum absolute atomic E-state index is 12.9. The fourth-order valence-electron chi connectivity index (χ4n) is 3.87. The third-order valence-electron chi connectivity index (χ3n) is 5.47. The fraction of sp³-hybridized carbons (Fsp3) is 0.889. The normalized spacial score (nSPS) is 30.6. The van der Waals surface area contributed by atoms with E-state index in [4.69, 9.17) is 5.73 Å². The van der Waals surface area contributed by atoms with Crippen molar-refractivity contribution in [3.05, 3.63) is 0 Å². The van der Waals surface area contributed by atoms with Crippen LogP contribution < -0.4 is 11.1 Å². The van der Waals surface area contributed by atoms with Crippen LogP contribution in [0.15, 0.2) is 0 Å². The summed E-state index contributed by atoms with van der Waals surface area (Å²) in [7, 11) is 0. The number of carbonyl (C=O) groups excluding carboxylic acids is 2. The van der Waals surface area contributed by atoms with Crippen molar-refractivity contribution < 1.29 is 9.59 Å². The molecule has 2 amide bonds. The third kappa shape index (κ3) is 5.35. The largest absolute Gasteiger partial charge is 0.356 e. The number of hydrogen-bond acceptors (Lipinski definition) is 3. The average Bonchev–Trinajstić information content (AvgIpc) is 2.51. The Hall–Kier alpha value is -0.810. The van der Waals surface area contributed by atoms with Gasteiger partial charge in [0.15, 0.2) is 0 Å². The lowest BCUT2D eigenvalue weighted by Gasteiger charge is -2.42. The van der Waals surface area contributed by atoms with Gasteiger partial charge in [0.2, 0.25) is 11.8 Å². The SMILES string of the molecule is CC(C)C(=O)NCC1CCCN(C(=O)C2CCCCC2(C)N)C1.Cl. The van der Waals surface area contributed by atoms with Gasteiger partial charge in [0.1, 0.15) is 0 Å². The highest BCUT2D eigenvalue weighted by atomic mass is 35.5. The molecule has 2 fully saturated rings. The van der Waals surface area contributed by atoms with E-state index < -0.39 is 0 Å². The van der Waals surface area contributed by atoms with E-state index in [-0.39, 0.29) is 41.6 Å². The van der Waals surface area contributed by atoms with Gasteiger partial charge in [-0.05, 0) is 38.5 Å². The number of nitrogens with two attached hydrogens (primary N) is 1. The Morgan fingerprint density at radius 1 is 1.25 bits per heavy atom. The molecule has 3 N–H and O–H groups in total. The molecule has 1 saturated heterocycles. The maximum atomic E-state index is 12.9. The number of nitrogens with zero attached hydrogens (tertiary/aromatic N) is 1. The minimum atomic E-state index is -0.367. The standard InChI is InChI=1S/C18H33N3O2.ClH/c1-13(2)16(22)20-11-14-7-6-10-21(12-14)17(23)15-8-4-5-9-18(15,3)19;/h13-15H,4-12,19H2,1-3H3,(H,20,22);1H. The fourth-order valence-corrected chi connectivity index (χ4v) is 3.87. The van der Waals surface area contributed by atoms with Crippen molar-refractivity contribution in [3.63, 3.8) is 0 Å². The monoisotopic (exact) mass is 359 g/mol. The smallest absolute Gasteiger partial charge is 0.227 e. The van der Waals surface area contributed by atoms with E-state index in [1.807, 2.05) is 25.7 Å². The van der Waals surface area contributed by atoms with Crippen LogP contribution >= 0.6 is 12.4 Å². The van der Waals surface area contributed by atoms with Gasteiger partial charge >= 0.3 is 0 Å². The summed E-state index contributed by atoms with van der Waals surface area (Å²) in [5.74, 6) is 0.657. The van der Waals surface area contributed by atoms with Gasteiger partial charge in [0, 0.05) is 31.1 Å². The highest BCUT2D eigenvalue weighted by molar-refractivity contribution is 5.85. The molecule has 0 aromatic rings. The molecule has 1 aliphatic carbocycles. The first-order valence-electron chi connectivity index (χ1n) is 9.16. The summed E-state index contributed by atoms with van der Waals surface area (Å²) in [6.07, 6.45) is 6.17. The Balaban J connectivity index is 0.00000288. The summed E-state index contributed by atoms with van der Waals surface area (Å²) < 4.78 is 0. The number of piperidine rings is 1. The molecule has 0 aromatic carbocycles. The van der Waals surface area contributed by atoms with Crippen LogP contribution in [0.2, 0.25) is 0 Å².